The van der Waals surface area contributed by atoms with Crippen LogP contribution in [0.1, 0.15) is 0 Å². The van der Waals surface area contributed by atoms with Crippen molar-refractivity contribution in [2.24, 2.45) is 0 Å². The lowest BCUT2D eigenvalue weighted by Crippen LogP contribution is -2.23. The van der Waals surface area contributed by atoms with Gasteiger partial charge in [0.05, 0.1) is 6.54 Å². The van der Waals surface area contributed by atoms with Gasteiger partial charge in [0.1, 0.15) is 30.1 Å². The number of rotatable bonds is 6. The minimum absolute atomic E-state index is 0.107. The average molecular weight is 313 g/mol. The summed E-state index contributed by atoms with van der Waals surface area (Å²) in [6.07, 6.45) is 6.17. The summed E-state index contributed by atoms with van der Waals surface area (Å²) in [4.78, 5) is 8.37. The minimum Gasteiger partial charge on any atom is -0.491 e. The summed E-state index contributed by atoms with van der Waals surface area (Å²) < 4.78 is 20.1. The zero-order valence-electron chi connectivity index (χ0n) is 12.3. The van der Waals surface area contributed by atoms with Crippen LogP contribution in [0.15, 0.2) is 61.2 Å². The van der Waals surface area contributed by atoms with Crippen LogP contribution in [0.25, 0.3) is 11.4 Å². The van der Waals surface area contributed by atoms with Crippen LogP contribution in [-0.4, -0.2) is 32.4 Å². The van der Waals surface area contributed by atoms with E-state index in [-0.39, 0.29) is 12.4 Å². The molecule has 0 aliphatic carbocycles. The Labute approximate surface area is 133 Å². The fourth-order valence-electron chi connectivity index (χ4n) is 2.21. The fraction of sp³-hybridized carbons (Fsp3) is 0.176. The van der Waals surface area contributed by atoms with E-state index >= 15 is 0 Å². The molecule has 0 amide bonds. The molecule has 0 aliphatic heterocycles. The number of ether oxygens (including phenoxy) is 1. The van der Waals surface area contributed by atoms with Gasteiger partial charge in [0.2, 0.25) is 0 Å². The molecule has 2 heterocycles. The molecule has 0 saturated carbocycles. The molecular formula is C17H16FN3O2. The van der Waals surface area contributed by atoms with Gasteiger partial charge in [-0.05, 0) is 36.4 Å². The summed E-state index contributed by atoms with van der Waals surface area (Å²) in [5, 5.41) is 10.1. The first-order valence-electron chi connectivity index (χ1n) is 7.20. The number of pyridine rings is 1. The zero-order valence-corrected chi connectivity index (χ0v) is 12.3. The van der Waals surface area contributed by atoms with Crippen LogP contribution in [0, 0.1) is 5.82 Å². The maximum Gasteiger partial charge on any atom is 0.141 e. The van der Waals surface area contributed by atoms with Gasteiger partial charge in [0, 0.05) is 30.4 Å². The van der Waals surface area contributed by atoms with Crippen LogP contribution in [0.2, 0.25) is 0 Å². The Balaban J connectivity index is 1.61. The van der Waals surface area contributed by atoms with E-state index in [0.717, 1.165) is 11.4 Å². The van der Waals surface area contributed by atoms with Crippen LogP contribution in [0.5, 0.6) is 5.75 Å². The summed E-state index contributed by atoms with van der Waals surface area (Å²) in [5.74, 6) is 0.930. The SMILES string of the molecule is O[C@H](COc1ccc(F)cc1)Cn1ccnc1-c1cccnc1. The fourth-order valence-corrected chi connectivity index (χ4v) is 2.21. The summed E-state index contributed by atoms with van der Waals surface area (Å²) in [6.45, 7) is 0.446. The first-order valence-corrected chi connectivity index (χ1v) is 7.20. The van der Waals surface area contributed by atoms with E-state index in [1.807, 2.05) is 16.7 Å². The number of aromatic nitrogens is 3. The predicted molar refractivity (Wildman–Crippen MR) is 83.4 cm³/mol. The lowest BCUT2D eigenvalue weighted by atomic mass is 10.2. The Bertz CT molecular complexity index is 744. The van der Waals surface area contributed by atoms with Crippen molar-refractivity contribution in [2.75, 3.05) is 6.61 Å². The van der Waals surface area contributed by atoms with Crippen LogP contribution >= 0.6 is 0 Å². The maximum atomic E-state index is 12.8. The number of hydrogen-bond acceptors (Lipinski definition) is 4. The molecule has 0 saturated heterocycles. The van der Waals surface area contributed by atoms with Crippen molar-refractivity contribution in [3.8, 4) is 17.1 Å². The van der Waals surface area contributed by atoms with Crippen molar-refractivity contribution in [1.82, 2.24) is 14.5 Å². The topological polar surface area (TPSA) is 60.2 Å². The molecule has 0 radical (unpaired) electrons. The van der Waals surface area contributed by atoms with Crippen molar-refractivity contribution in [3.05, 3.63) is 67.0 Å². The van der Waals surface area contributed by atoms with Gasteiger partial charge in [0.25, 0.3) is 0 Å². The van der Waals surface area contributed by atoms with Gasteiger partial charge in [0.15, 0.2) is 0 Å². The van der Waals surface area contributed by atoms with Gasteiger partial charge in [-0.3, -0.25) is 4.98 Å². The third-order valence-electron chi connectivity index (χ3n) is 3.30. The van der Waals surface area contributed by atoms with Gasteiger partial charge in [-0.15, -0.1) is 0 Å². The second-order valence-corrected chi connectivity index (χ2v) is 5.06. The van der Waals surface area contributed by atoms with E-state index in [1.54, 1.807) is 24.8 Å². The molecule has 118 valence electrons. The minimum atomic E-state index is -0.718. The Morgan fingerprint density at radius 3 is 2.74 bits per heavy atom. The van der Waals surface area contributed by atoms with Gasteiger partial charge in [-0.25, -0.2) is 9.37 Å². The molecule has 1 aromatic carbocycles. The Morgan fingerprint density at radius 1 is 1.17 bits per heavy atom. The van der Waals surface area contributed by atoms with Crippen molar-refractivity contribution in [2.45, 2.75) is 12.6 Å². The van der Waals surface area contributed by atoms with Gasteiger partial charge in [-0.2, -0.15) is 0 Å². The number of benzene rings is 1. The second kappa shape index (κ2) is 7.02. The summed E-state index contributed by atoms with van der Waals surface area (Å²) >= 11 is 0. The number of halogens is 1. The number of hydrogen-bond donors (Lipinski definition) is 1. The van der Waals surface area contributed by atoms with Crippen molar-refractivity contribution in [1.29, 1.82) is 0 Å². The molecule has 3 aromatic rings. The van der Waals surface area contributed by atoms with Crippen LogP contribution in [0.3, 0.4) is 0 Å². The first kappa shape index (κ1) is 15.2. The zero-order chi connectivity index (χ0) is 16.1. The third-order valence-corrected chi connectivity index (χ3v) is 3.30. The average Bonchev–Trinajstić information content (AvgIpc) is 3.03. The molecule has 2 aromatic heterocycles. The summed E-state index contributed by atoms with van der Waals surface area (Å²) in [5.41, 5.74) is 0.879. The van der Waals surface area contributed by atoms with Crippen LogP contribution < -0.4 is 4.74 Å². The predicted octanol–water partition coefficient (Wildman–Crippen LogP) is 2.52. The number of aliphatic hydroxyl groups excluding tert-OH is 1. The molecule has 1 N–H and O–H groups in total. The highest BCUT2D eigenvalue weighted by molar-refractivity contribution is 5.53. The van der Waals surface area contributed by atoms with Gasteiger partial charge in [-0.1, -0.05) is 0 Å². The number of imidazole rings is 1. The highest BCUT2D eigenvalue weighted by Gasteiger charge is 2.11. The molecule has 0 bridgehead atoms. The maximum absolute atomic E-state index is 12.8. The van der Waals surface area contributed by atoms with Crippen molar-refractivity contribution >= 4 is 0 Å². The smallest absolute Gasteiger partial charge is 0.141 e. The molecule has 1 atom stereocenters. The van der Waals surface area contributed by atoms with E-state index < -0.39 is 6.10 Å². The second-order valence-electron chi connectivity index (χ2n) is 5.06. The van der Waals surface area contributed by atoms with E-state index in [0.29, 0.717) is 12.3 Å². The molecule has 0 spiro atoms. The Morgan fingerprint density at radius 2 is 2.00 bits per heavy atom. The van der Waals surface area contributed by atoms with E-state index in [1.165, 1.54) is 24.3 Å². The van der Waals surface area contributed by atoms with Crippen LogP contribution in [0.4, 0.5) is 4.39 Å². The van der Waals surface area contributed by atoms with Crippen molar-refractivity contribution in [3.63, 3.8) is 0 Å². The third kappa shape index (κ3) is 3.92. The molecule has 3 rings (SSSR count). The summed E-state index contributed by atoms with van der Waals surface area (Å²) in [6, 6.07) is 9.44. The van der Waals surface area contributed by atoms with Gasteiger partial charge < -0.3 is 14.4 Å². The first-order chi connectivity index (χ1) is 11.2. The molecular weight excluding hydrogens is 297 g/mol. The van der Waals surface area contributed by atoms with Crippen molar-refractivity contribution < 1.29 is 14.2 Å². The molecule has 5 nitrogen and oxygen atoms in total. The standard InChI is InChI=1S/C17H16FN3O2/c18-14-3-5-16(6-4-14)23-12-15(22)11-21-9-8-20-17(21)13-2-1-7-19-10-13/h1-10,15,22H,11-12H2/t15-/m0/s1. The van der Waals surface area contributed by atoms with E-state index in [2.05, 4.69) is 9.97 Å². The molecule has 0 unspecified atom stereocenters. The highest BCUT2D eigenvalue weighted by atomic mass is 19.1. The Kier molecular flexibility index (Phi) is 4.63. The lowest BCUT2D eigenvalue weighted by molar-refractivity contribution is 0.0928. The van der Waals surface area contributed by atoms with E-state index in [9.17, 15) is 9.50 Å². The summed E-state index contributed by atoms with van der Waals surface area (Å²) in [7, 11) is 0. The van der Waals surface area contributed by atoms with Crippen LogP contribution in [-0.2, 0) is 6.54 Å². The number of nitrogens with zero attached hydrogens (tertiary/aromatic N) is 3. The monoisotopic (exact) mass is 313 g/mol. The highest BCUT2D eigenvalue weighted by Crippen LogP contribution is 2.16. The Hall–Kier alpha value is -2.73. The normalized spacial score (nSPS) is 12.1. The quantitative estimate of drug-likeness (QED) is 0.759. The van der Waals surface area contributed by atoms with Gasteiger partial charge >= 0.3 is 0 Å². The largest absolute Gasteiger partial charge is 0.491 e. The molecule has 0 aliphatic rings. The molecule has 23 heavy (non-hydrogen) atoms. The lowest BCUT2D eigenvalue weighted by Gasteiger charge is -2.14. The molecule has 0 fully saturated rings. The molecule has 6 heteroatoms. The van der Waals surface area contributed by atoms with E-state index in [4.69, 9.17) is 4.74 Å². The number of aliphatic hydroxyl groups is 1.